The van der Waals surface area contributed by atoms with Gasteiger partial charge in [-0.15, -0.1) is 0 Å². The van der Waals surface area contributed by atoms with Gasteiger partial charge in [-0.1, -0.05) is 6.92 Å². The maximum Gasteiger partial charge on any atom is 0.326 e. The van der Waals surface area contributed by atoms with Crippen molar-refractivity contribution in [2.45, 2.75) is 32.9 Å². The average molecular weight is 280 g/mol. The molecule has 1 N–H and O–H groups in total. The Bertz CT molecular complexity index is 737. The summed E-state index contributed by atoms with van der Waals surface area (Å²) >= 11 is 0. The number of aliphatic carboxylic acids is 1. The van der Waals surface area contributed by atoms with Crippen LogP contribution < -0.4 is 5.56 Å². The fourth-order valence-corrected chi connectivity index (χ4v) is 2.04. The minimum Gasteiger partial charge on any atom is -0.480 e. The van der Waals surface area contributed by atoms with E-state index in [2.05, 4.69) is 4.98 Å². The van der Waals surface area contributed by atoms with Crippen molar-refractivity contribution in [3.05, 3.63) is 16.7 Å². The number of fused-ring (bicyclic) bond motifs is 1. The lowest BCUT2D eigenvalue weighted by Crippen LogP contribution is -2.27. The van der Waals surface area contributed by atoms with Crippen molar-refractivity contribution in [1.29, 1.82) is 0 Å². The number of carbonyl (C=O) groups is 2. The van der Waals surface area contributed by atoms with Gasteiger partial charge in [-0.25, -0.2) is 14.5 Å². The molecule has 0 spiro atoms. The summed E-state index contributed by atoms with van der Waals surface area (Å²) in [5, 5.41) is 9.05. The zero-order valence-corrected chi connectivity index (χ0v) is 11.5. The molecule has 0 aliphatic rings. The molecule has 2 rings (SSSR count). The quantitative estimate of drug-likeness (QED) is 0.841. The van der Waals surface area contributed by atoms with E-state index in [0.717, 1.165) is 0 Å². The van der Waals surface area contributed by atoms with Crippen LogP contribution in [0.1, 0.15) is 26.3 Å². The highest BCUT2D eigenvalue weighted by atomic mass is 16.4. The number of aromatic nitrogens is 4. The van der Waals surface area contributed by atoms with Crippen molar-refractivity contribution < 1.29 is 14.7 Å². The number of rotatable bonds is 5. The predicted molar refractivity (Wildman–Crippen MR) is 70.6 cm³/mol. The van der Waals surface area contributed by atoms with Crippen LogP contribution in [-0.4, -0.2) is 35.8 Å². The Labute approximate surface area is 114 Å². The van der Waals surface area contributed by atoms with Gasteiger partial charge in [0.2, 0.25) is 0 Å². The smallest absolute Gasteiger partial charge is 0.326 e. The molecular weight excluding hydrogens is 264 g/mol. The number of carbonyl (C=O) groups excluding carboxylic acids is 1. The van der Waals surface area contributed by atoms with E-state index >= 15 is 0 Å². The predicted octanol–water partition coefficient (Wildman–Crippen LogP) is 0.161. The van der Waals surface area contributed by atoms with Crippen LogP contribution in [0.5, 0.6) is 0 Å². The first kappa shape index (κ1) is 14.0. The molecule has 108 valence electrons. The van der Waals surface area contributed by atoms with Crippen LogP contribution in [0.25, 0.3) is 11.2 Å². The monoisotopic (exact) mass is 280 g/mol. The zero-order valence-electron chi connectivity index (χ0n) is 11.5. The van der Waals surface area contributed by atoms with Gasteiger partial charge in [0.05, 0.1) is 6.33 Å². The van der Waals surface area contributed by atoms with Gasteiger partial charge < -0.3 is 9.67 Å². The third-order valence-electron chi connectivity index (χ3n) is 3.38. The van der Waals surface area contributed by atoms with Crippen molar-refractivity contribution in [3.63, 3.8) is 0 Å². The maximum atomic E-state index is 12.3. The number of aryl methyl sites for hydroxylation is 1. The van der Waals surface area contributed by atoms with Crippen molar-refractivity contribution >= 4 is 22.9 Å². The molecule has 0 aromatic carbocycles. The van der Waals surface area contributed by atoms with Gasteiger partial charge in [0.25, 0.3) is 5.56 Å². The molecule has 0 saturated heterocycles. The van der Waals surface area contributed by atoms with Gasteiger partial charge in [0, 0.05) is 13.5 Å². The molecule has 0 fully saturated rings. The van der Waals surface area contributed by atoms with E-state index < -0.39 is 17.6 Å². The first-order valence-electron chi connectivity index (χ1n) is 6.25. The van der Waals surface area contributed by atoms with E-state index in [-0.39, 0.29) is 17.8 Å². The van der Waals surface area contributed by atoms with E-state index in [0.29, 0.717) is 12.1 Å². The number of hydrogen-bond acceptors (Lipinski definition) is 4. The van der Waals surface area contributed by atoms with E-state index in [9.17, 15) is 14.4 Å². The van der Waals surface area contributed by atoms with Gasteiger partial charge in [-0.05, 0) is 6.92 Å². The molecule has 0 amide bonds. The van der Waals surface area contributed by atoms with E-state index in [1.54, 1.807) is 14.0 Å². The molecule has 2 heterocycles. The van der Waals surface area contributed by atoms with Crippen molar-refractivity contribution in [2.24, 2.45) is 7.05 Å². The molecule has 0 saturated carbocycles. The largest absolute Gasteiger partial charge is 0.480 e. The Kier molecular flexibility index (Phi) is 3.47. The second-order valence-electron chi connectivity index (χ2n) is 4.62. The lowest BCUT2D eigenvalue weighted by atomic mass is 10.3. The summed E-state index contributed by atoms with van der Waals surface area (Å²) in [5.74, 6) is -1.13. The lowest BCUT2D eigenvalue weighted by molar-refractivity contribution is -0.140. The molecule has 2 aromatic rings. The third-order valence-corrected chi connectivity index (χ3v) is 3.38. The number of carboxylic acids is 1. The molecule has 0 unspecified atom stereocenters. The van der Waals surface area contributed by atoms with Crippen LogP contribution in [0, 0.1) is 0 Å². The molecule has 8 heteroatoms. The van der Waals surface area contributed by atoms with Crippen molar-refractivity contribution in [2.75, 3.05) is 0 Å². The molecule has 0 aliphatic carbocycles. The SMILES string of the molecule is CCC(=O)Cn1c(=O)c2c(ncn2[C@@H](C)C(=O)O)n1C. The lowest BCUT2D eigenvalue weighted by Gasteiger charge is -2.07. The van der Waals surface area contributed by atoms with Crippen molar-refractivity contribution in [1.82, 2.24) is 18.9 Å². The number of Topliss-reactive ketones (excluding diaryl/α,β-unsaturated/α-hetero) is 1. The van der Waals surface area contributed by atoms with E-state index in [1.807, 2.05) is 0 Å². The minimum atomic E-state index is -1.05. The normalized spacial score (nSPS) is 12.8. The summed E-state index contributed by atoms with van der Waals surface area (Å²) in [5.41, 5.74) is 0.160. The Balaban J connectivity index is 2.62. The van der Waals surface area contributed by atoms with Crippen molar-refractivity contribution in [3.8, 4) is 0 Å². The van der Waals surface area contributed by atoms with Gasteiger partial charge >= 0.3 is 5.97 Å². The number of carboxylic acid groups (broad SMARTS) is 1. The van der Waals surface area contributed by atoms with Gasteiger partial charge in [0.1, 0.15) is 12.6 Å². The highest BCUT2D eigenvalue weighted by molar-refractivity contribution is 5.80. The van der Waals surface area contributed by atoms with Gasteiger partial charge in [-0.3, -0.25) is 14.3 Å². The molecule has 0 bridgehead atoms. The van der Waals surface area contributed by atoms with Gasteiger partial charge in [-0.2, -0.15) is 0 Å². The van der Waals surface area contributed by atoms with Gasteiger partial charge in [0.15, 0.2) is 16.9 Å². The molecule has 8 nitrogen and oxygen atoms in total. The maximum absolute atomic E-state index is 12.3. The summed E-state index contributed by atoms with van der Waals surface area (Å²) in [6, 6.07) is -0.898. The summed E-state index contributed by atoms with van der Waals surface area (Å²) in [7, 11) is 1.62. The highest BCUT2D eigenvalue weighted by Gasteiger charge is 2.22. The first-order valence-corrected chi connectivity index (χ1v) is 6.25. The Morgan fingerprint density at radius 1 is 1.45 bits per heavy atom. The van der Waals surface area contributed by atoms with Crippen LogP contribution in [0.4, 0.5) is 0 Å². The molecular formula is C12H16N4O4. The Hall–Kier alpha value is -2.38. The number of ketones is 1. The van der Waals surface area contributed by atoms with Crippen LogP contribution in [0.2, 0.25) is 0 Å². The third kappa shape index (κ3) is 2.02. The summed E-state index contributed by atoms with van der Waals surface area (Å²) in [6.45, 7) is 3.15. The zero-order chi connectivity index (χ0) is 15.0. The number of hydrogen-bond donors (Lipinski definition) is 1. The molecule has 20 heavy (non-hydrogen) atoms. The molecule has 0 aliphatic heterocycles. The molecule has 1 atom stereocenters. The second kappa shape index (κ2) is 4.95. The summed E-state index contributed by atoms with van der Waals surface area (Å²) in [4.78, 5) is 39.0. The summed E-state index contributed by atoms with van der Waals surface area (Å²) in [6.07, 6.45) is 1.66. The second-order valence-corrected chi connectivity index (χ2v) is 4.62. The summed E-state index contributed by atoms with van der Waals surface area (Å²) < 4.78 is 4.07. The fraction of sp³-hybridized carbons (Fsp3) is 0.500. The molecule has 2 aromatic heterocycles. The number of imidazole rings is 1. The standard InChI is InChI=1S/C12H16N4O4/c1-4-8(17)5-16-11(18)9-10(14(16)3)13-6-15(9)7(2)12(19)20/h6-7H,4-5H2,1-3H3,(H,19,20)/t7-/m0/s1. The number of nitrogens with zero attached hydrogens (tertiary/aromatic N) is 4. The first-order chi connectivity index (χ1) is 9.38. The Morgan fingerprint density at radius 2 is 2.10 bits per heavy atom. The van der Waals surface area contributed by atoms with Crippen LogP contribution >= 0.6 is 0 Å². The Morgan fingerprint density at radius 3 is 2.65 bits per heavy atom. The minimum absolute atomic E-state index is 0.0380. The average Bonchev–Trinajstić information content (AvgIpc) is 2.94. The highest BCUT2D eigenvalue weighted by Crippen LogP contribution is 2.15. The van der Waals surface area contributed by atoms with E-state index in [4.69, 9.17) is 5.11 Å². The fourth-order valence-electron chi connectivity index (χ4n) is 2.04. The molecule has 0 radical (unpaired) electrons. The van der Waals surface area contributed by atoms with Crippen LogP contribution in [0.15, 0.2) is 11.1 Å². The topological polar surface area (TPSA) is 99.1 Å². The van der Waals surface area contributed by atoms with Crippen LogP contribution in [-0.2, 0) is 23.2 Å². The van der Waals surface area contributed by atoms with Crippen LogP contribution in [0.3, 0.4) is 0 Å². The van der Waals surface area contributed by atoms with E-state index in [1.165, 1.54) is 27.2 Å².